The maximum atomic E-state index is 5.33. The molecule has 0 atom stereocenters. The molecule has 21 heavy (non-hydrogen) atoms. The summed E-state index contributed by atoms with van der Waals surface area (Å²) in [5.74, 6) is 1.49. The lowest BCUT2D eigenvalue weighted by atomic mass is 10.2. The first-order chi connectivity index (χ1) is 9.08. The average Bonchev–Trinajstić information content (AvgIpc) is 2.37. The van der Waals surface area contributed by atoms with Gasteiger partial charge in [-0.05, 0) is 67.2 Å². The summed E-state index contributed by atoms with van der Waals surface area (Å²) in [6.07, 6.45) is 1.14. The van der Waals surface area contributed by atoms with Crippen LogP contribution in [0.3, 0.4) is 0 Å². The van der Waals surface area contributed by atoms with Crippen LogP contribution in [-0.4, -0.2) is 46.3 Å². The van der Waals surface area contributed by atoms with Gasteiger partial charge in [-0.25, -0.2) is 0 Å². The van der Waals surface area contributed by atoms with E-state index in [9.17, 15) is 0 Å². The lowest BCUT2D eigenvalue weighted by molar-refractivity contribution is 0.352. The van der Waals surface area contributed by atoms with Crippen LogP contribution in [0, 0.1) is 0 Å². The molecule has 7 heteroatoms. The van der Waals surface area contributed by atoms with E-state index in [0.717, 1.165) is 42.0 Å². The van der Waals surface area contributed by atoms with E-state index in [1.54, 1.807) is 14.2 Å². The first-order valence-corrected chi connectivity index (χ1v) is 7.13. The Kier molecular flexibility index (Phi) is 13.6. The van der Waals surface area contributed by atoms with Crippen molar-refractivity contribution in [2.24, 2.45) is 0 Å². The van der Waals surface area contributed by atoms with Crippen molar-refractivity contribution in [2.75, 3.05) is 41.4 Å². The highest BCUT2D eigenvalue weighted by Gasteiger charge is 2.10. The molecule has 0 bridgehead atoms. The first-order valence-electron chi connectivity index (χ1n) is 6.34. The monoisotopic (exact) mass is 402 g/mol. The van der Waals surface area contributed by atoms with Gasteiger partial charge in [0, 0.05) is 6.54 Å². The summed E-state index contributed by atoms with van der Waals surface area (Å²) in [7, 11) is 7.47. The van der Waals surface area contributed by atoms with Gasteiger partial charge in [-0.2, -0.15) is 0 Å². The number of nitrogens with one attached hydrogen (secondary N) is 1. The number of ether oxygens (including phenoxy) is 2. The fourth-order valence-corrected chi connectivity index (χ4v) is 2.48. The summed E-state index contributed by atoms with van der Waals surface area (Å²) in [6.45, 7) is 2.93. The molecule has 0 aliphatic carbocycles. The zero-order valence-corrected chi connectivity index (χ0v) is 16.2. The molecule has 4 nitrogen and oxygen atoms in total. The average molecular weight is 404 g/mol. The van der Waals surface area contributed by atoms with Crippen molar-refractivity contribution in [3.8, 4) is 11.5 Å². The van der Waals surface area contributed by atoms with Crippen molar-refractivity contribution in [3.05, 3.63) is 22.2 Å². The fourth-order valence-electron chi connectivity index (χ4n) is 1.83. The van der Waals surface area contributed by atoms with Gasteiger partial charge in [-0.15, -0.1) is 24.8 Å². The smallest absolute Gasteiger partial charge is 0.174 e. The minimum Gasteiger partial charge on any atom is -0.493 e. The van der Waals surface area contributed by atoms with Gasteiger partial charge in [0.15, 0.2) is 11.5 Å². The number of halogens is 3. The zero-order chi connectivity index (χ0) is 14.3. The van der Waals surface area contributed by atoms with Gasteiger partial charge in [0.25, 0.3) is 0 Å². The number of benzene rings is 1. The maximum Gasteiger partial charge on any atom is 0.174 e. The van der Waals surface area contributed by atoms with Crippen LogP contribution in [0.15, 0.2) is 16.6 Å². The maximum absolute atomic E-state index is 5.33. The lowest BCUT2D eigenvalue weighted by Crippen LogP contribution is -2.21. The second-order valence-corrected chi connectivity index (χ2v) is 5.50. The van der Waals surface area contributed by atoms with Crippen LogP contribution in [0.25, 0.3) is 0 Å². The largest absolute Gasteiger partial charge is 0.493 e. The lowest BCUT2D eigenvalue weighted by Gasteiger charge is -2.13. The fraction of sp³-hybridized carbons (Fsp3) is 0.571. The van der Waals surface area contributed by atoms with E-state index in [2.05, 4.69) is 46.3 Å². The third kappa shape index (κ3) is 8.12. The number of rotatable bonds is 8. The first kappa shape index (κ1) is 23.1. The predicted molar refractivity (Wildman–Crippen MR) is 96.6 cm³/mol. The van der Waals surface area contributed by atoms with Crippen molar-refractivity contribution in [3.63, 3.8) is 0 Å². The summed E-state index contributed by atoms with van der Waals surface area (Å²) in [5.41, 5.74) is 1.18. The molecule has 0 aliphatic rings. The Bertz CT molecular complexity index is 407. The van der Waals surface area contributed by atoms with Gasteiger partial charge in [-0.1, -0.05) is 0 Å². The molecular formula is C14H25BrCl2N2O2. The molecule has 0 aliphatic heterocycles. The molecule has 0 radical (unpaired) electrons. The standard InChI is InChI=1S/C14H23BrN2O2.2ClH/c1-17(2)7-5-6-16-10-11-8-12(15)14(19-4)13(9-11)18-3;;/h8-9,16H,5-7,10H2,1-4H3;2*1H. The van der Waals surface area contributed by atoms with Gasteiger partial charge in [-0.3, -0.25) is 0 Å². The molecule has 1 N–H and O–H groups in total. The molecule has 1 aromatic rings. The highest BCUT2D eigenvalue weighted by molar-refractivity contribution is 9.10. The molecule has 124 valence electrons. The third-order valence-corrected chi connectivity index (χ3v) is 3.37. The van der Waals surface area contributed by atoms with E-state index in [4.69, 9.17) is 9.47 Å². The molecule has 0 saturated heterocycles. The Morgan fingerprint density at radius 2 is 1.81 bits per heavy atom. The van der Waals surface area contributed by atoms with Crippen LogP contribution >= 0.6 is 40.7 Å². The summed E-state index contributed by atoms with van der Waals surface area (Å²) >= 11 is 3.50. The van der Waals surface area contributed by atoms with Gasteiger partial charge in [0.1, 0.15) is 0 Å². The normalized spacial score (nSPS) is 9.81. The van der Waals surface area contributed by atoms with Crippen molar-refractivity contribution < 1.29 is 9.47 Å². The Labute approximate surface area is 148 Å². The minimum absolute atomic E-state index is 0. The highest BCUT2D eigenvalue weighted by Crippen LogP contribution is 2.36. The zero-order valence-electron chi connectivity index (χ0n) is 12.9. The summed E-state index contributed by atoms with van der Waals surface area (Å²) in [5, 5.41) is 3.43. The number of hydrogen-bond acceptors (Lipinski definition) is 4. The SMILES string of the molecule is COc1cc(CNCCCN(C)C)cc(Br)c1OC.Cl.Cl. The van der Waals surface area contributed by atoms with Crippen molar-refractivity contribution in [1.29, 1.82) is 0 Å². The molecule has 0 unspecified atom stereocenters. The molecule has 0 aromatic heterocycles. The predicted octanol–water partition coefficient (Wildman–Crippen LogP) is 3.35. The third-order valence-electron chi connectivity index (χ3n) is 2.78. The molecule has 1 aromatic carbocycles. The second kappa shape index (κ2) is 12.4. The van der Waals surface area contributed by atoms with Gasteiger partial charge in [0.2, 0.25) is 0 Å². The molecule has 0 amide bonds. The second-order valence-electron chi connectivity index (χ2n) is 4.65. The van der Waals surface area contributed by atoms with Crippen molar-refractivity contribution in [1.82, 2.24) is 10.2 Å². The van der Waals surface area contributed by atoms with Gasteiger partial charge >= 0.3 is 0 Å². The van der Waals surface area contributed by atoms with Crippen LogP contribution in [0.2, 0.25) is 0 Å². The molecule has 0 fully saturated rings. The van der Waals surface area contributed by atoms with Crippen LogP contribution in [0.4, 0.5) is 0 Å². The minimum atomic E-state index is 0. The Balaban J connectivity index is 0. The topological polar surface area (TPSA) is 33.7 Å². The number of methoxy groups -OCH3 is 2. The Morgan fingerprint density at radius 3 is 2.33 bits per heavy atom. The number of hydrogen-bond donors (Lipinski definition) is 1. The van der Waals surface area contributed by atoms with Crippen LogP contribution < -0.4 is 14.8 Å². The van der Waals surface area contributed by atoms with E-state index in [-0.39, 0.29) is 24.8 Å². The molecule has 1 rings (SSSR count). The van der Waals surface area contributed by atoms with E-state index < -0.39 is 0 Å². The van der Waals surface area contributed by atoms with Crippen LogP contribution in [0.1, 0.15) is 12.0 Å². The summed E-state index contributed by atoms with van der Waals surface area (Å²) in [6, 6.07) is 4.06. The van der Waals surface area contributed by atoms with E-state index in [0.29, 0.717) is 0 Å². The molecule has 0 spiro atoms. The van der Waals surface area contributed by atoms with Crippen LogP contribution in [0.5, 0.6) is 11.5 Å². The van der Waals surface area contributed by atoms with Gasteiger partial charge < -0.3 is 19.7 Å². The van der Waals surface area contributed by atoms with E-state index in [1.165, 1.54) is 5.56 Å². The van der Waals surface area contributed by atoms with Crippen LogP contribution in [-0.2, 0) is 6.54 Å². The Morgan fingerprint density at radius 1 is 1.14 bits per heavy atom. The van der Waals surface area contributed by atoms with E-state index in [1.807, 2.05) is 6.07 Å². The molecule has 0 heterocycles. The van der Waals surface area contributed by atoms with Crippen molar-refractivity contribution in [2.45, 2.75) is 13.0 Å². The molecule has 0 saturated carbocycles. The van der Waals surface area contributed by atoms with E-state index >= 15 is 0 Å². The summed E-state index contributed by atoms with van der Waals surface area (Å²) in [4.78, 5) is 2.19. The Hall–Kier alpha value is -0.200. The van der Waals surface area contributed by atoms with Crippen molar-refractivity contribution >= 4 is 40.7 Å². The van der Waals surface area contributed by atoms with Gasteiger partial charge in [0.05, 0.1) is 18.7 Å². The summed E-state index contributed by atoms with van der Waals surface area (Å²) < 4.78 is 11.5. The quantitative estimate of drug-likeness (QED) is 0.674. The highest BCUT2D eigenvalue weighted by atomic mass is 79.9. The molecular weight excluding hydrogens is 379 g/mol. The number of nitrogens with zero attached hydrogens (tertiary/aromatic N) is 1.